The first-order chi connectivity index (χ1) is 11.8. The Morgan fingerprint density at radius 2 is 1.96 bits per heavy atom. The van der Waals surface area contributed by atoms with Crippen LogP contribution in [0, 0.1) is 6.92 Å². The molecule has 0 saturated carbocycles. The number of carbonyl (C=O) groups excluding carboxylic acids is 1. The van der Waals surface area contributed by atoms with Crippen LogP contribution in [0.2, 0.25) is 0 Å². The van der Waals surface area contributed by atoms with Crippen LogP contribution >= 0.6 is 0 Å². The van der Waals surface area contributed by atoms with Gasteiger partial charge in [-0.25, -0.2) is 8.42 Å². The number of ether oxygens (including phenoxy) is 2. The lowest BCUT2D eigenvalue weighted by Gasteiger charge is -2.23. The molecule has 1 aliphatic heterocycles. The van der Waals surface area contributed by atoms with Crippen molar-refractivity contribution >= 4 is 27.3 Å². The van der Waals surface area contributed by atoms with Gasteiger partial charge in [0.2, 0.25) is 0 Å². The van der Waals surface area contributed by atoms with Crippen LogP contribution in [-0.4, -0.2) is 27.5 Å². The van der Waals surface area contributed by atoms with Gasteiger partial charge in [-0.15, -0.1) is 0 Å². The number of fused-ring (bicyclic) bond motifs is 1. The van der Waals surface area contributed by atoms with E-state index in [2.05, 4.69) is 10.0 Å². The Morgan fingerprint density at radius 3 is 2.64 bits per heavy atom. The Bertz CT molecular complexity index is 940. The van der Waals surface area contributed by atoms with E-state index in [1.54, 1.807) is 39.2 Å². The van der Waals surface area contributed by atoms with Crippen molar-refractivity contribution in [3.8, 4) is 11.5 Å². The summed E-state index contributed by atoms with van der Waals surface area (Å²) in [4.78, 5) is 11.7. The number of nitrogens with one attached hydrogen (secondary N) is 2. The molecule has 2 aromatic rings. The molecule has 0 saturated heterocycles. The molecule has 0 aliphatic carbocycles. The monoisotopic (exact) mass is 362 g/mol. The molecule has 1 amide bonds. The first-order valence-corrected chi connectivity index (χ1v) is 9.07. The van der Waals surface area contributed by atoms with E-state index in [-0.39, 0.29) is 10.8 Å². The summed E-state index contributed by atoms with van der Waals surface area (Å²) >= 11 is 0. The summed E-state index contributed by atoms with van der Waals surface area (Å²) in [6.07, 6.45) is -0.616. The van der Waals surface area contributed by atoms with Gasteiger partial charge in [0.1, 0.15) is 11.5 Å². The average molecular weight is 362 g/mol. The first kappa shape index (κ1) is 17.1. The lowest BCUT2D eigenvalue weighted by molar-refractivity contribution is -0.122. The molecular formula is C17H18N2O5S. The lowest BCUT2D eigenvalue weighted by Crippen LogP contribution is -2.34. The van der Waals surface area contributed by atoms with Crippen molar-refractivity contribution in [1.82, 2.24) is 0 Å². The number of methoxy groups -OCH3 is 1. The number of carbonyl (C=O) groups is 1. The lowest BCUT2D eigenvalue weighted by atomic mass is 10.2. The molecule has 7 nitrogen and oxygen atoms in total. The summed E-state index contributed by atoms with van der Waals surface area (Å²) in [5.41, 5.74) is 1.51. The second-order valence-corrected chi connectivity index (χ2v) is 7.38. The van der Waals surface area contributed by atoms with E-state index in [0.29, 0.717) is 22.9 Å². The van der Waals surface area contributed by atoms with Gasteiger partial charge in [0.25, 0.3) is 15.9 Å². The van der Waals surface area contributed by atoms with Crippen LogP contribution in [-0.2, 0) is 14.8 Å². The predicted octanol–water partition coefficient (Wildman–Crippen LogP) is 2.52. The van der Waals surface area contributed by atoms with Crippen molar-refractivity contribution in [3.05, 3.63) is 42.0 Å². The van der Waals surface area contributed by atoms with E-state index < -0.39 is 16.1 Å². The molecule has 0 unspecified atom stereocenters. The maximum absolute atomic E-state index is 12.6. The summed E-state index contributed by atoms with van der Waals surface area (Å²) in [7, 11) is -2.27. The maximum atomic E-state index is 12.6. The zero-order valence-corrected chi connectivity index (χ0v) is 14.8. The van der Waals surface area contributed by atoms with E-state index in [0.717, 1.165) is 5.56 Å². The normalized spacial score (nSPS) is 16.4. The summed E-state index contributed by atoms with van der Waals surface area (Å²) in [6.45, 7) is 3.40. The molecule has 3 rings (SSSR count). The topological polar surface area (TPSA) is 93.7 Å². The number of hydrogen-bond donors (Lipinski definition) is 2. The molecule has 0 spiro atoms. The Kier molecular flexibility index (Phi) is 4.30. The molecule has 1 atom stereocenters. The van der Waals surface area contributed by atoms with Gasteiger partial charge >= 0.3 is 0 Å². The van der Waals surface area contributed by atoms with E-state index in [9.17, 15) is 13.2 Å². The Hall–Kier alpha value is -2.74. The van der Waals surface area contributed by atoms with Gasteiger partial charge in [0.15, 0.2) is 6.10 Å². The highest BCUT2D eigenvalue weighted by atomic mass is 32.2. The number of amides is 1. The molecule has 0 bridgehead atoms. The average Bonchev–Trinajstić information content (AvgIpc) is 2.57. The second-order valence-electron chi connectivity index (χ2n) is 5.69. The molecule has 0 aromatic heterocycles. The Balaban J connectivity index is 1.91. The smallest absolute Gasteiger partial charge is 0.265 e. The zero-order valence-electron chi connectivity index (χ0n) is 14.0. The highest BCUT2D eigenvalue weighted by Gasteiger charge is 2.25. The van der Waals surface area contributed by atoms with E-state index in [4.69, 9.17) is 9.47 Å². The van der Waals surface area contributed by atoms with Crippen molar-refractivity contribution < 1.29 is 22.7 Å². The summed E-state index contributed by atoms with van der Waals surface area (Å²) < 4.78 is 38.4. The number of aryl methyl sites for hydroxylation is 1. The molecule has 8 heteroatoms. The third-order valence-corrected chi connectivity index (χ3v) is 5.23. The largest absolute Gasteiger partial charge is 0.497 e. The number of anilines is 2. The van der Waals surface area contributed by atoms with Crippen LogP contribution in [0.3, 0.4) is 0 Å². The van der Waals surface area contributed by atoms with Gasteiger partial charge in [-0.3, -0.25) is 9.52 Å². The van der Waals surface area contributed by atoms with E-state index in [1.165, 1.54) is 18.2 Å². The van der Waals surface area contributed by atoms with Gasteiger partial charge in [0, 0.05) is 0 Å². The van der Waals surface area contributed by atoms with Crippen molar-refractivity contribution in [1.29, 1.82) is 0 Å². The zero-order chi connectivity index (χ0) is 18.2. The second kappa shape index (κ2) is 6.29. The SMILES string of the molecule is COc1ccc(NS(=O)(=O)c2ccc3c(c2)NC(=O)[C@H](C)O3)c(C)c1. The molecule has 1 heterocycles. The highest BCUT2D eigenvalue weighted by molar-refractivity contribution is 7.92. The summed E-state index contributed by atoms with van der Waals surface area (Å²) in [5, 5.41) is 2.64. The van der Waals surface area contributed by atoms with Gasteiger partial charge in [-0.05, 0) is 55.8 Å². The van der Waals surface area contributed by atoms with Crippen LogP contribution in [0.15, 0.2) is 41.3 Å². The molecular weight excluding hydrogens is 344 g/mol. The van der Waals surface area contributed by atoms with E-state index in [1.807, 2.05) is 0 Å². The van der Waals surface area contributed by atoms with Gasteiger partial charge in [0.05, 0.1) is 23.4 Å². The van der Waals surface area contributed by atoms with Gasteiger partial charge in [-0.1, -0.05) is 0 Å². The Morgan fingerprint density at radius 1 is 1.20 bits per heavy atom. The summed E-state index contributed by atoms with van der Waals surface area (Å²) in [5.74, 6) is 0.760. The number of benzene rings is 2. The standard InChI is InChI=1S/C17H18N2O5S/c1-10-8-12(23-3)4-6-14(10)19-25(21,22)13-5-7-16-15(9-13)18-17(20)11(2)24-16/h4-9,11,19H,1-3H3,(H,18,20)/t11-/m0/s1. The fourth-order valence-corrected chi connectivity index (χ4v) is 3.59. The molecule has 0 radical (unpaired) electrons. The quantitative estimate of drug-likeness (QED) is 0.872. The van der Waals surface area contributed by atoms with Gasteiger partial charge in [-0.2, -0.15) is 0 Å². The van der Waals surface area contributed by atoms with Crippen molar-refractivity contribution in [2.24, 2.45) is 0 Å². The van der Waals surface area contributed by atoms with Crippen LogP contribution in [0.5, 0.6) is 11.5 Å². The maximum Gasteiger partial charge on any atom is 0.265 e. The number of rotatable bonds is 4. The minimum Gasteiger partial charge on any atom is -0.497 e. The molecule has 2 aromatic carbocycles. The molecule has 25 heavy (non-hydrogen) atoms. The van der Waals surface area contributed by atoms with Crippen molar-refractivity contribution in [2.45, 2.75) is 24.8 Å². The molecule has 2 N–H and O–H groups in total. The molecule has 132 valence electrons. The van der Waals surface area contributed by atoms with E-state index >= 15 is 0 Å². The minimum absolute atomic E-state index is 0.0277. The predicted molar refractivity (Wildman–Crippen MR) is 93.7 cm³/mol. The molecule has 0 fully saturated rings. The van der Waals surface area contributed by atoms with Crippen LogP contribution < -0.4 is 19.5 Å². The van der Waals surface area contributed by atoms with Gasteiger partial charge < -0.3 is 14.8 Å². The fourth-order valence-electron chi connectivity index (χ4n) is 2.44. The third kappa shape index (κ3) is 3.39. The van der Waals surface area contributed by atoms with Crippen LogP contribution in [0.25, 0.3) is 0 Å². The number of hydrogen-bond acceptors (Lipinski definition) is 5. The fraction of sp³-hybridized carbons (Fsp3) is 0.235. The Labute approximate surface area is 146 Å². The highest BCUT2D eigenvalue weighted by Crippen LogP contribution is 2.32. The number of sulfonamides is 1. The van der Waals surface area contributed by atoms with Crippen LogP contribution in [0.4, 0.5) is 11.4 Å². The van der Waals surface area contributed by atoms with Crippen molar-refractivity contribution in [3.63, 3.8) is 0 Å². The summed E-state index contributed by atoms with van der Waals surface area (Å²) in [6, 6.07) is 9.38. The first-order valence-electron chi connectivity index (χ1n) is 7.59. The van der Waals surface area contributed by atoms with Crippen LogP contribution in [0.1, 0.15) is 12.5 Å². The minimum atomic E-state index is -3.82. The van der Waals surface area contributed by atoms with Crippen molar-refractivity contribution in [2.75, 3.05) is 17.1 Å². The molecule has 1 aliphatic rings. The third-order valence-electron chi connectivity index (χ3n) is 3.87.